The van der Waals surface area contributed by atoms with Crippen LogP contribution in [0.3, 0.4) is 0 Å². The van der Waals surface area contributed by atoms with Gasteiger partial charge in [-0.05, 0) is 37.8 Å². The van der Waals surface area contributed by atoms with Gasteiger partial charge in [0.1, 0.15) is 4.88 Å². The number of thiophene rings is 1. The Balaban J connectivity index is 1.80. The minimum atomic E-state index is -0.827. The number of rotatable bonds is 5. The average molecular weight is 267 g/mol. The molecule has 1 aliphatic rings. The van der Waals surface area contributed by atoms with E-state index in [9.17, 15) is 4.79 Å². The number of carboxylic acid groups (broad SMARTS) is 1. The molecular formula is C14H21NO2S. The summed E-state index contributed by atoms with van der Waals surface area (Å²) in [6, 6.07) is 4.13. The quantitative estimate of drug-likeness (QED) is 0.858. The minimum absolute atomic E-state index is 0.428. The summed E-state index contributed by atoms with van der Waals surface area (Å²) in [5.41, 5.74) is 0. The first-order chi connectivity index (χ1) is 8.66. The maximum atomic E-state index is 10.8. The highest BCUT2D eigenvalue weighted by Crippen LogP contribution is 2.26. The molecule has 3 nitrogen and oxygen atoms in total. The summed E-state index contributed by atoms with van der Waals surface area (Å²) in [5.74, 6) is -0.0377. The Morgan fingerprint density at radius 2 is 2.17 bits per heavy atom. The summed E-state index contributed by atoms with van der Waals surface area (Å²) in [5, 5.41) is 12.4. The van der Waals surface area contributed by atoms with E-state index in [0.29, 0.717) is 10.9 Å². The molecule has 0 aromatic carbocycles. The van der Waals surface area contributed by atoms with Gasteiger partial charge >= 0.3 is 5.97 Å². The third-order valence-electron chi connectivity index (χ3n) is 3.83. The van der Waals surface area contributed by atoms with Crippen molar-refractivity contribution in [1.29, 1.82) is 0 Å². The van der Waals surface area contributed by atoms with Gasteiger partial charge in [0.25, 0.3) is 0 Å². The highest BCUT2D eigenvalue weighted by molar-refractivity contribution is 7.13. The van der Waals surface area contributed by atoms with Crippen LogP contribution >= 0.6 is 11.3 Å². The van der Waals surface area contributed by atoms with Crippen LogP contribution in [0.2, 0.25) is 0 Å². The maximum absolute atomic E-state index is 10.8. The summed E-state index contributed by atoms with van der Waals surface area (Å²) in [6.45, 7) is 3.04. The molecule has 1 heterocycles. The molecule has 0 aliphatic heterocycles. The number of carbonyl (C=O) groups is 1. The fourth-order valence-electron chi connectivity index (χ4n) is 2.65. The highest BCUT2D eigenvalue weighted by Gasteiger charge is 2.19. The summed E-state index contributed by atoms with van der Waals surface area (Å²) >= 11 is 1.37. The zero-order chi connectivity index (χ0) is 13.0. The molecule has 0 amide bonds. The van der Waals surface area contributed by atoms with Gasteiger partial charge in [-0.1, -0.05) is 19.3 Å². The van der Waals surface area contributed by atoms with Crippen molar-refractivity contribution < 1.29 is 9.90 Å². The SMILES string of the molecule is C[C@@H](NCc1ccc(C(=O)O)s1)C1CCCCC1. The molecule has 1 saturated carbocycles. The molecule has 0 spiro atoms. The van der Waals surface area contributed by atoms with Crippen molar-refractivity contribution >= 4 is 17.3 Å². The smallest absolute Gasteiger partial charge is 0.345 e. The van der Waals surface area contributed by atoms with Crippen molar-refractivity contribution in [3.63, 3.8) is 0 Å². The van der Waals surface area contributed by atoms with E-state index in [-0.39, 0.29) is 0 Å². The van der Waals surface area contributed by atoms with Gasteiger partial charge in [0.15, 0.2) is 0 Å². The lowest BCUT2D eigenvalue weighted by atomic mass is 9.84. The first-order valence-corrected chi connectivity index (χ1v) is 7.54. The van der Waals surface area contributed by atoms with Crippen molar-refractivity contribution in [3.05, 3.63) is 21.9 Å². The number of nitrogens with one attached hydrogen (secondary N) is 1. The van der Waals surface area contributed by atoms with Crippen molar-refractivity contribution in [3.8, 4) is 0 Å². The topological polar surface area (TPSA) is 49.3 Å². The zero-order valence-electron chi connectivity index (χ0n) is 10.8. The van der Waals surface area contributed by atoms with Crippen molar-refractivity contribution in [2.45, 2.75) is 51.6 Å². The van der Waals surface area contributed by atoms with E-state index in [1.165, 1.54) is 43.4 Å². The largest absolute Gasteiger partial charge is 0.477 e. The predicted molar refractivity (Wildman–Crippen MR) is 74.2 cm³/mol. The second kappa shape index (κ2) is 6.34. The van der Waals surface area contributed by atoms with E-state index in [2.05, 4.69) is 12.2 Å². The average Bonchev–Trinajstić information content (AvgIpc) is 2.86. The van der Waals surface area contributed by atoms with Gasteiger partial charge in [-0.25, -0.2) is 4.79 Å². The second-order valence-electron chi connectivity index (χ2n) is 5.14. The number of carboxylic acids is 1. The molecule has 0 unspecified atom stereocenters. The van der Waals surface area contributed by atoms with Crippen LogP contribution in [-0.2, 0) is 6.54 Å². The number of aromatic carboxylic acids is 1. The Morgan fingerprint density at radius 1 is 1.44 bits per heavy atom. The van der Waals surface area contributed by atoms with Crippen LogP contribution < -0.4 is 5.32 Å². The van der Waals surface area contributed by atoms with Gasteiger partial charge in [-0.2, -0.15) is 0 Å². The molecule has 2 rings (SSSR count). The lowest BCUT2D eigenvalue weighted by Crippen LogP contribution is -2.33. The monoisotopic (exact) mass is 267 g/mol. The second-order valence-corrected chi connectivity index (χ2v) is 6.31. The number of hydrogen-bond donors (Lipinski definition) is 2. The molecular weight excluding hydrogens is 246 g/mol. The van der Waals surface area contributed by atoms with E-state index in [1.807, 2.05) is 6.07 Å². The predicted octanol–water partition coefficient (Wildman–Crippen LogP) is 3.50. The molecule has 2 N–H and O–H groups in total. The van der Waals surface area contributed by atoms with Crippen LogP contribution in [0, 0.1) is 5.92 Å². The molecule has 1 aliphatic carbocycles. The molecule has 4 heteroatoms. The third-order valence-corrected chi connectivity index (χ3v) is 4.90. The lowest BCUT2D eigenvalue weighted by molar-refractivity contribution is 0.0702. The minimum Gasteiger partial charge on any atom is -0.477 e. The Hall–Kier alpha value is -0.870. The van der Waals surface area contributed by atoms with Crippen LogP contribution in [0.15, 0.2) is 12.1 Å². The van der Waals surface area contributed by atoms with Gasteiger partial charge in [0.05, 0.1) is 0 Å². The molecule has 1 atom stereocenters. The molecule has 18 heavy (non-hydrogen) atoms. The molecule has 100 valence electrons. The molecule has 1 fully saturated rings. The van der Waals surface area contributed by atoms with Gasteiger partial charge in [0.2, 0.25) is 0 Å². The fraction of sp³-hybridized carbons (Fsp3) is 0.643. The number of hydrogen-bond acceptors (Lipinski definition) is 3. The first-order valence-electron chi connectivity index (χ1n) is 6.72. The molecule has 0 bridgehead atoms. The third kappa shape index (κ3) is 3.56. The molecule has 1 aromatic rings. The fourth-order valence-corrected chi connectivity index (χ4v) is 3.45. The van der Waals surface area contributed by atoms with E-state index in [1.54, 1.807) is 6.07 Å². The maximum Gasteiger partial charge on any atom is 0.345 e. The molecule has 0 saturated heterocycles. The molecule has 1 aromatic heterocycles. The summed E-state index contributed by atoms with van der Waals surface area (Å²) in [6.07, 6.45) is 6.77. The zero-order valence-corrected chi connectivity index (χ0v) is 11.6. The Bertz CT molecular complexity index is 396. The van der Waals surface area contributed by atoms with Crippen molar-refractivity contribution in [1.82, 2.24) is 5.32 Å². The van der Waals surface area contributed by atoms with Gasteiger partial charge in [0, 0.05) is 17.5 Å². The van der Waals surface area contributed by atoms with Crippen molar-refractivity contribution in [2.24, 2.45) is 5.92 Å². The van der Waals surface area contributed by atoms with E-state index >= 15 is 0 Å². The highest BCUT2D eigenvalue weighted by atomic mass is 32.1. The van der Waals surface area contributed by atoms with Gasteiger partial charge in [-0.3, -0.25) is 0 Å². The first kappa shape index (κ1) is 13.6. The van der Waals surface area contributed by atoms with Crippen LogP contribution in [0.5, 0.6) is 0 Å². The van der Waals surface area contributed by atoms with Gasteiger partial charge in [-0.15, -0.1) is 11.3 Å². The Morgan fingerprint density at radius 3 is 2.78 bits per heavy atom. The van der Waals surface area contributed by atoms with E-state index in [0.717, 1.165) is 17.3 Å². The summed E-state index contributed by atoms with van der Waals surface area (Å²) in [7, 11) is 0. The standard InChI is InChI=1S/C14H21NO2S/c1-10(11-5-3-2-4-6-11)15-9-12-7-8-13(18-12)14(16)17/h7-8,10-11,15H,2-6,9H2,1H3,(H,16,17)/t10-/m1/s1. The molecule has 0 radical (unpaired) electrons. The lowest BCUT2D eigenvalue weighted by Gasteiger charge is -2.28. The van der Waals surface area contributed by atoms with Crippen molar-refractivity contribution in [2.75, 3.05) is 0 Å². The Labute approximate surface area is 112 Å². The Kier molecular flexibility index (Phi) is 4.78. The normalized spacial score (nSPS) is 18.7. The van der Waals surface area contributed by atoms with Crippen LogP contribution in [0.25, 0.3) is 0 Å². The van der Waals surface area contributed by atoms with E-state index in [4.69, 9.17) is 5.11 Å². The van der Waals surface area contributed by atoms with Crippen LogP contribution in [0.1, 0.15) is 53.6 Å². The van der Waals surface area contributed by atoms with Gasteiger partial charge < -0.3 is 10.4 Å². The summed E-state index contributed by atoms with van der Waals surface area (Å²) in [4.78, 5) is 12.3. The van der Waals surface area contributed by atoms with E-state index < -0.39 is 5.97 Å². The van der Waals surface area contributed by atoms with Crippen LogP contribution in [-0.4, -0.2) is 17.1 Å². The summed E-state index contributed by atoms with van der Waals surface area (Å²) < 4.78 is 0. The van der Waals surface area contributed by atoms with Crippen LogP contribution in [0.4, 0.5) is 0 Å².